The van der Waals surface area contributed by atoms with Gasteiger partial charge in [-0.1, -0.05) is 54.4 Å². The van der Waals surface area contributed by atoms with Crippen LogP contribution in [0.2, 0.25) is 0 Å². The Morgan fingerprint density at radius 2 is 1.84 bits per heavy atom. The second kappa shape index (κ2) is 10.8. The Bertz CT molecular complexity index is 993. The third kappa shape index (κ3) is 6.02. The van der Waals surface area contributed by atoms with Gasteiger partial charge in [-0.05, 0) is 75.7 Å². The molecule has 0 unspecified atom stereocenters. The number of rotatable bonds is 6. The van der Waals surface area contributed by atoms with Gasteiger partial charge in [-0.3, -0.25) is 9.59 Å². The fraction of sp³-hybridized carbons (Fsp3) is 0.385. The Labute approximate surface area is 194 Å². The van der Waals surface area contributed by atoms with E-state index in [1.54, 1.807) is 6.07 Å². The van der Waals surface area contributed by atoms with E-state index in [-0.39, 0.29) is 11.8 Å². The summed E-state index contributed by atoms with van der Waals surface area (Å²) in [6, 6.07) is 13.6. The van der Waals surface area contributed by atoms with Crippen LogP contribution >= 0.6 is 11.8 Å². The van der Waals surface area contributed by atoms with Crippen LogP contribution in [-0.4, -0.2) is 42.9 Å². The lowest BCUT2D eigenvalue weighted by Gasteiger charge is -2.20. The molecule has 4 rings (SSSR count). The SMILES string of the molecule is Cc1ccc(C=C2Sc3ccc(C(=O)NCCCN4CCCCCC4)cc3NC2=O)cc1. The molecule has 2 amide bonds. The van der Waals surface area contributed by atoms with E-state index in [4.69, 9.17) is 0 Å². The molecule has 2 aromatic rings. The van der Waals surface area contributed by atoms with E-state index in [0.717, 1.165) is 23.4 Å². The van der Waals surface area contributed by atoms with Crippen LogP contribution < -0.4 is 10.6 Å². The number of anilines is 1. The van der Waals surface area contributed by atoms with Gasteiger partial charge in [-0.15, -0.1) is 0 Å². The molecule has 2 aliphatic rings. The standard InChI is InChI=1S/C26H31N3O2S/c1-19-7-9-20(10-8-19)17-24-26(31)28-22-18-21(11-12-23(22)32-24)25(30)27-13-6-16-29-14-4-2-3-5-15-29/h7-12,17-18H,2-6,13-16H2,1H3,(H,27,30)(H,28,31). The number of nitrogens with zero attached hydrogens (tertiary/aromatic N) is 1. The number of likely N-dealkylation sites (tertiary alicyclic amines) is 1. The first kappa shape index (κ1) is 22.6. The van der Waals surface area contributed by atoms with E-state index in [1.165, 1.54) is 56.1 Å². The molecule has 2 N–H and O–H groups in total. The zero-order valence-electron chi connectivity index (χ0n) is 18.7. The number of amides is 2. The molecule has 2 aromatic carbocycles. The van der Waals surface area contributed by atoms with E-state index in [1.807, 2.05) is 49.4 Å². The van der Waals surface area contributed by atoms with Gasteiger partial charge in [-0.2, -0.15) is 0 Å². The van der Waals surface area contributed by atoms with Crippen molar-refractivity contribution in [2.45, 2.75) is 43.9 Å². The van der Waals surface area contributed by atoms with Crippen molar-refractivity contribution in [1.29, 1.82) is 0 Å². The molecule has 0 saturated carbocycles. The number of fused-ring (bicyclic) bond motifs is 1. The lowest BCUT2D eigenvalue weighted by Crippen LogP contribution is -2.30. The van der Waals surface area contributed by atoms with Crippen LogP contribution in [0.1, 0.15) is 53.6 Å². The summed E-state index contributed by atoms with van der Waals surface area (Å²) in [5.74, 6) is -0.234. The van der Waals surface area contributed by atoms with Gasteiger partial charge in [0.1, 0.15) is 0 Å². The van der Waals surface area contributed by atoms with Crippen LogP contribution in [-0.2, 0) is 4.79 Å². The number of hydrogen-bond acceptors (Lipinski definition) is 4. The maximum Gasteiger partial charge on any atom is 0.262 e. The van der Waals surface area contributed by atoms with Crippen molar-refractivity contribution in [3.8, 4) is 0 Å². The average Bonchev–Trinajstić information content (AvgIpc) is 3.07. The first-order valence-electron chi connectivity index (χ1n) is 11.5. The normalized spacial score (nSPS) is 18.0. The molecule has 0 bridgehead atoms. The highest BCUT2D eigenvalue weighted by molar-refractivity contribution is 8.04. The molecule has 1 saturated heterocycles. The van der Waals surface area contributed by atoms with Gasteiger partial charge in [0, 0.05) is 17.0 Å². The molecule has 0 spiro atoms. The number of hydrogen-bond donors (Lipinski definition) is 2. The zero-order valence-corrected chi connectivity index (χ0v) is 19.5. The largest absolute Gasteiger partial charge is 0.352 e. The van der Waals surface area contributed by atoms with E-state index in [2.05, 4.69) is 15.5 Å². The maximum atomic E-state index is 12.6. The van der Waals surface area contributed by atoms with E-state index in [0.29, 0.717) is 22.7 Å². The molecule has 0 radical (unpaired) electrons. The van der Waals surface area contributed by atoms with Crippen LogP contribution in [0.4, 0.5) is 5.69 Å². The van der Waals surface area contributed by atoms with E-state index < -0.39 is 0 Å². The molecule has 5 nitrogen and oxygen atoms in total. The third-order valence-electron chi connectivity index (χ3n) is 5.94. The van der Waals surface area contributed by atoms with Crippen LogP contribution in [0.15, 0.2) is 52.3 Å². The van der Waals surface area contributed by atoms with Gasteiger partial charge in [0.05, 0.1) is 10.6 Å². The Morgan fingerprint density at radius 1 is 1.09 bits per heavy atom. The van der Waals surface area contributed by atoms with Gasteiger partial charge < -0.3 is 15.5 Å². The Kier molecular flexibility index (Phi) is 7.66. The van der Waals surface area contributed by atoms with Gasteiger partial charge in [0.2, 0.25) is 0 Å². The molecule has 32 heavy (non-hydrogen) atoms. The Hall–Kier alpha value is -2.57. The summed E-state index contributed by atoms with van der Waals surface area (Å²) >= 11 is 1.44. The quantitative estimate of drug-likeness (QED) is 0.477. The Morgan fingerprint density at radius 3 is 2.59 bits per heavy atom. The van der Waals surface area contributed by atoms with Crippen LogP contribution in [0.25, 0.3) is 6.08 Å². The minimum Gasteiger partial charge on any atom is -0.352 e. The minimum atomic E-state index is -0.141. The molecule has 0 atom stereocenters. The fourth-order valence-electron chi connectivity index (χ4n) is 4.08. The lowest BCUT2D eigenvalue weighted by atomic mass is 10.1. The summed E-state index contributed by atoms with van der Waals surface area (Å²) in [4.78, 5) is 29.3. The second-order valence-electron chi connectivity index (χ2n) is 8.55. The number of aryl methyl sites for hydroxylation is 1. The first-order valence-corrected chi connectivity index (χ1v) is 12.3. The van der Waals surface area contributed by atoms with Crippen molar-refractivity contribution in [1.82, 2.24) is 10.2 Å². The second-order valence-corrected chi connectivity index (χ2v) is 9.64. The molecular weight excluding hydrogens is 418 g/mol. The smallest absolute Gasteiger partial charge is 0.262 e. The maximum absolute atomic E-state index is 12.6. The van der Waals surface area contributed by atoms with Crippen molar-refractivity contribution in [2.75, 3.05) is 31.5 Å². The highest BCUT2D eigenvalue weighted by Crippen LogP contribution is 2.39. The number of nitrogens with one attached hydrogen (secondary N) is 2. The number of thioether (sulfide) groups is 1. The van der Waals surface area contributed by atoms with E-state index >= 15 is 0 Å². The van der Waals surface area contributed by atoms with E-state index in [9.17, 15) is 9.59 Å². The number of carbonyl (C=O) groups is 2. The zero-order chi connectivity index (χ0) is 22.3. The summed E-state index contributed by atoms with van der Waals surface area (Å²) in [6.45, 7) is 6.09. The molecule has 0 aromatic heterocycles. The third-order valence-corrected chi connectivity index (χ3v) is 7.04. The summed E-state index contributed by atoms with van der Waals surface area (Å²) in [7, 11) is 0. The molecule has 2 heterocycles. The lowest BCUT2D eigenvalue weighted by molar-refractivity contribution is -0.112. The number of benzene rings is 2. The molecule has 1 fully saturated rings. The molecular formula is C26H31N3O2S. The highest BCUT2D eigenvalue weighted by atomic mass is 32.2. The number of carbonyl (C=O) groups excluding carboxylic acids is 2. The predicted molar refractivity (Wildman–Crippen MR) is 132 cm³/mol. The fourth-order valence-corrected chi connectivity index (χ4v) is 5.01. The summed E-state index contributed by atoms with van der Waals surface area (Å²) in [6.07, 6.45) is 8.09. The summed E-state index contributed by atoms with van der Waals surface area (Å²) < 4.78 is 0. The molecule has 2 aliphatic heterocycles. The minimum absolute atomic E-state index is 0.0936. The van der Waals surface area contributed by atoms with Gasteiger partial charge in [-0.25, -0.2) is 0 Å². The van der Waals surface area contributed by atoms with Crippen molar-refractivity contribution in [2.24, 2.45) is 0 Å². The van der Waals surface area contributed by atoms with Crippen molar-refractivity contribution in [3.05, 3.63) is 64.1 Å². The molecule has 168 valence electrons. The van der Waals surface area contributed by atoms with Crippen molar-refractivity contribution in [3.63, 3.8) is 0 Å². The summed E-state index contributed by atoms with van der Waals surface area (Å²) in [5, 5.41) is 5.96. The van der Waals surface area contributed by atoms with Crippen molar-refractivity contribution >= 4 is 35.3 Å². The van der Waals surface area contributed by atoms with Gasteiger partial charge in [0.25, 0.3) is 11.8 Å². The monoisotopic (exact) mass is 449 g/mol. The predicted octanol–water partition coefficient (Wildman–Crippen LogP) is 5.08. The van der Waals surface area contributed by atoms with Gasteiger partial charge >= 0.3 is 0 Å². The highest BCUT2D eigenvalue weighted by Gasteiger charge is 2.22. The van der Waals surface area contributed by atoms with Crippen LogP contribution in [0.3, 0.4) is 0 Å². The topological polar surface area (TPSA) is 61.4 Å². The molecule has 6 heteroatoms. The summed E-state index contributed by atoms with van der Waals surface area (Å²) in [5.41, 5.74) is 3.45. The van der Waals surface area contributed by atoms with Crippen LogP contribution in [0, 0.1) is 6.92 Å². The average molecular weight is 450 g/mol. The molecule has 0 aliphatic carbocycles. The van der Waals surface area contributed by atoms with Gasteiger partial charge in [0.15, 0.2) is 0 Å². The first-order chi connectivity index (χ1) is 15.6. The van der Waals surface area contributed by atoms with Crippen LogP contribution in [0.5, 0.6) is 0 Å². The Balaban J connectivity index is 1.32. The van der Waals surface area contributed by atoms with Crippen molar-refractivity contribution < 1.29 is 9.59 Å².